The van der Waals surface area contributed by atoms with Crippen LogP contribution in [0.15, 0.2) is 36.4 Å². The zero-order valence-electron chi connectivity index (χ0n) is 18.8. The maximum Gasteiger partial charge on any atom is 0.232 e. The van der Waals surface area contributed by atoms with E-state index in [1.165, 1.54) is 31.4 Å². The van der Waals surface area contributed by atoms with Gasteiger partial charge in [-0.3, -0.25) is 0 Å². The molecule has 1 aromatic carbocycles. The van der Waals surface area contributed by atoms with Crippen molar-refractivity contribution in [1.82, 2.24) is 15.3 Å². The number of para-hydroxylation sites is 1. The monoisotopic (exact) mass is 451 g/mol. The van der Waals surface area contributed by atoms with Gasteiger partial charge in [-0.2, -0.15) is 9.97 Å². The predicted molar refractivity (Wildman–Crippen MR) is 136 cm³/mol. The van der Waals surface area contributed by atoms with Crippen molar-refractivity contribution in [1.29, 1.82) is 0 Å². The van der Waals surface area contributed by atoms with Crippen LogP contribution in [-0.4, -0.2) is 60.4 Å². The molecule has 1 aliphatic carbocycles. The highest BCUT2D eigenvalue weighted by atomic mass is 32.1. The lowest BCUT2D eigenvalue weighted by atomic mass is 10.0. The van der Waals surface area contributed by atoms with E-state index in [0.717, 1.165) is 50.9 Å². The maximum atomic E-state index is 5.50. The molecule has 32 heavy (non-hydrogen) atoms. The van der Waals surface area contributed by atoms with E-state index in [1.807, 2.05) is 0 Å². The second kappa shape index (κ2) is 9.48. The Labute approximate surface area is 196 Å². The third-order valence-electron chi connectivity index (χ3n) is 6.54. The van der Waals surface area contributed by atoms with Crippen LogP contribution in [0.25, 0.3) is 0 Å². The fraction of sp³-hybridized carbons (Fsp3) is 0.542. The number of nitrogens with zero attached hydrogens (tertiary/aromatic N) is 5. The van der Waals surface area contributed by atoms with Crippen LogP contribution in [-0.2, 0) is 0 Å². The third-order valence-corrected chi connectivity index (χ3v) is 6.76. The van der Waals surface area contributed by atoms with Crippen LogP contribution in [0, 0.1) is 5.92 Å². The number of hydrogen-bond donors (Lipinski definition) is 2. The van der Waals surface area contributed by atoms with Crippen molar-refractivity contribution in [2.75, 3.05) is 59.3 Å². The SMILES string of the molecule is C[C@@H]1CCCN(c2cc(N3CCN(c4ccccc4)CC3)nc(NC(=S)NC3CC3)n2)C1. The lowest BCUT2D eigenvalue weighted by Gasteiger charge is -2.37. The van der Waals surface area contributed by atoms with Crippen LogP contribution < -0.4 is 25.3 Å². The molecule has 2 aromatic rings. The predicted octanol–water partition coefficient (Wildman–Crippen LogP) is 3.49. The first-order chi connectivity index (χ1) is 15.6. The molecule has 3 aliphatic rings. The normalized spacial score (nSPS) is 21.4. The number of aromatic nitrogens is 2. The Morgan fingerprint density at radius 1 is 0.906 bits per heavy atom. The summed E-state index contributed by atoms with van der Waals surface area (Å²) in [6.45, 7) is 8.25. The Hall–Kier alpha value is -2.61. The first-order valence-corrected chi connectivity index (χ1v) is 12.3. The van der Waals surface area contributed by atoms with Gasteiger partial charge in [-0.1, -0.05) is 25.1 Å². The molecule has 3 fully saturated rings. The molecule has 1 atom stereocenters. The van der Waals surface area contributed by atoms with Gasteiger partial charge in [-0.05, 0) is 56.0 Å². The molecule has 8 heteroatoms. The average molecular weight is 452 g/mol. The summed E-state index contributed by atoms with van der Waals surface area (Å²) in [4.78, 5) is 16.9. The molecule has 0 amide bonds. The molecule has 2 aliphatic heterocycles. The van der Waals surface area contributed by atoms with Gasteiger partial charge in [0, 0.05) is 57.1 Å². The molecule has 1 saturated carbocycles. The van der Waals surface area contributed by atoms with Crippen LogP contribution in [0.2, 0.25) is 0 Å². The van der Waals surface area contributed by atoms with Gasteiger partial charge in [-0.15, -0.1) is 0 Å². The molecule has 0 radical (unpaired) electrons. The van der Waals surface area contributed by atoms with Gasteiger partial charge >= 0.3 is 0 Å². The number of rotatable bonds is 5. The van der Waals surface area contributed by atoms with Gasteiger partial charge < -0.3 is 25.3 Å². The van der Waals surface area contributed by atoms with Crippen LogP contribution in [0.5, 0.6) is 0 Å². The van der Waals surface area contributed by atoms with E-state index in [-0.39, 0.29) is 0 Å². The summed E-state index contributed by atoms with van der Waals surface area (Å²) in [6, 6.07) is 13.3. The van der Waals surface area contributed by atoms with Crippen LogP contribution in [0.3, 0.4) is 0 Å². The molecule has 170 valence electrons. The smallest absolute Gasteiger partial charge is 0.232 e. The standard InChI is InChI=1S/C24H33N7S/c1-18-6-5-11-31(17-18)22-16-21(26-23(27-22)28-24(32)25-19-9-10-19)30-14-12-29(13-15-30)20-7-3-2-4-8-20/h2-4,7-8,16,18-19H,5-6,9-15,17H2,1H3,(H2,25,26,27,28,32)/t18-/m1/s1. The number of piperazine rings is 1. The van der Waals surface area contributed by atoms with Gasteiger partial charge in [0.25, 0.3) is 0 Å². The van der Waals surface area contributed by atoms with E-state index >= 15 is 0 Å². The summed E-state index contributed by atoms with van der Waals surface area (Å²) in [6.07, 6.45) is 4.87. The van der Waals surface area contributed by atoms with E-state index in [1.54, 1.807) is 0 Å². The minimum atomic E-state index is 0.506. The van der Waals surface area contributed by atoms with Gasteiger partial charge in [0.2, 0.25) is 5.95 Å². The van der Waals surface area contributed by atoms with Crippen molar-refractivity contribution in [3.63, 3.8) is 0 Å². The largest absolute Gasteiger partial charge is 0.368 e. The van der Waals surface area contributed by atoms with E-state index in [9.17, 15) is 0 Å². The van der Waals surface area contributed by atoms with Gasteiger partial charge in [0.05, 0.1) is 0 Å². The van der Waals surface area contributed by atoms with E-state index in [2.05, 4.69) is 68.7 Å². The first-order valence-electron chi connectivity index (χ1n) is 11.9. The zero-order chi connectivity index (χ0) is 21.9. The minimum absolute atomic E-state index is 0.506. The Morgan fingerprint density at radius 3 is 2.28 bits per heavy atom. The summed E-state index contributed by atoms with van der Waals surface area (Å²) in [7, 11) is 0. The Balaban J connectivity index is 1.33. The molecular weight excluding hydrogens is 418 g/mol. The Morgan fingerprint density at radius 2 is 1.59 bits per heavy atom. The number of benzene rings is 1. The molecule has 1 aromatic heterocycles. The Kier molecular flexibility index (Phi) is 6.30. The summed E-state index contributed by atoms with van der Waals surface area (Å²) in [5, 5.41) is 7.21. The van der Waals surface area contributed by atoms with Crippen molar-refractivity contribution in [2.24, 2.45) is 5.92 Å². The quantitative estimate of drug-likeness (QED) is 0.670. The fourth-order valence-corrected chi connectivity index (χ4v) is 4.84. The molecule has 5 rings (SSSR count). The highest BCUT2D eigenvalue weighted by Gasteiger charge is 2.25. The zero-order valence-corrected chi connectivity index (χ0v) is 19.7. The molecular formula is C24H33N7S. The second-order valence-corrected chi connectivity index (χ2v) is 9.69. The number of thiocarbonyl (C=S) groups is 1. The van der Waals surface area contributed by atoms with E-state index in [4.69, 9.17) is 22.2 Å². The van der Waals surface area contributed by atoms with Crippen LogP contribution in [0.1, 0.15) is 32.6 Å². The fourth-order valence-electron chi connectivity index (χ4n) is 4.58. The molecule has 7 nitrogen and oxygen atoms in total. The van der Waals surface area contributed by atoms with Gasteiger partial charge in [0.1, 0.15) is 11.6 Å². The van der Waals surface area contributed by atoms with E-state index < -0.39 is 0 Å². The van der Waals surface area contributed by atoms with Gasteiger partial charge in [-0.25, -0.2) is 0 Å². The molecule has 0 spiro atoms. The Bertz CT molecular complexity index is 925. The number of hydrogen-bond acceptors (Lipinski definition) is 6. The second-order valence-electron chi connectivity index (χ2n) is 9.28. The molecule has 2 N–H and O–H groups in total. The van der Waals surface area contributed by atoms with Gasteiger partial charge in [0.15, 0.2) is 5.11 Å². The summed E-state index contributed by atoms with van der Waals surface area (Å²) < 4.78 is 0. The van der Waals surface area contributed by atoms with Crippen molar-refractivity contribution >= 4 is 40.6 Å². The van der Waals surface area contributed by atoms with Crippen LogP contribution in [0.4, 0.5) is 23.3 Å². The van der Waals surface area contributed by atoms with Crippen LogP contribution >= 0.6 is 12.2 Å². The first kappa shape index (κ1) is 21.2. The summed E-state index contributed by atoms with van der Waals surface area (Å²) >= 11 is 5.50. The van der Waals surface area contributed by atoms with Crippen molar-refractivity contribution in [2.45, 2.75) is 38.6 Å². The number of anilines is 4. The minimum Gasteiger partial charge on any atom is -0.368 e. The van der Waals surface area contributed by atoms with E-state index in [0.29, 0.717) is 23.0 Å². The number of piperidine rings is 1. The molecule has 0 bridgehead atoms. The average Bonchev–Trinajstić information content (AvgIpc) is 3.63. The van der Waals surface area contributed by atoms with Crippen molar-refractivity contribution in [3.05, 3.63) is 36.4 Å². The van der Waals surface area contributed by atoms with Crippen molar-refractivity contribution < 1.29 is 0 Å². The molecule has 3 heterocycles. The highest BCUT2D eigenvalue weighted by Crippen LogP contribution is 2.27. The van der Waals surface area contributed by atoms with Crippen molar-refractivity contribution in [3.8, 4) is 0 Å². The summed E-state index contributed by atoms with van der Waals surface area (Å²) in [5.74, 6) is 3.27. The lowest BCUT2D eigenvalue weighted by Crippen LogP contribution is -2.47. The third kappa shape index (κ3) is 5.23. The molecule has 0 unspecified atom stereocenters. The number of nitrogens with one attached hydrogen (secondary N) is 2. The lowest BCUT2D eigenvalue weighted by molar-refractivity contribution is 0.444. The topological polar surface area (TPSA) is 59.6 Å². The maximum absolute atomic E-state index is 5.50. The summed E-state index contributed by atoms with van der Waals surface area (Å²) in [5.41, 5.74) is 1.29. The molecule has 2 saturated heterocycles. The highest BCUT2D eigenvalue weighted by molar-refractivity contribution is 7.80.